The van der Waals surface area contributed by atoms with Crippen molar-refractivity contribution in [3.05, 3.63) is 188 Å². The van der Waals surface area contributed by atoms with Crippen LogP contribution in [0, 0.1) is 0 Å². The summed E-state index contributed by atoms with van der Waals surface area (Å²) in [5.74, 6) is 3.80. The van der Waals surface area contributed by atoms with E-state index in [0.29, 0.717) is 34.8 Å². The maximum absolute atomic E-state index is 6.41. The van der Waals surface area contributed by atoms with E-state index in [9.17, 15) is 0 Å². The molecule has 56 heavy (non-hydrogen) atoms. The molecule has 0 amide bonds. The smallest absolute Gasteiger partial charge is 0.164 e. The van der Waals surface area contributed by atoms with Crippen molar-refractivity contribution in [2.24, 2.45) is 0 Å². The van der Waals surface area contributed by atoms with Crippen LogP contribution in [0.3, 0.4) is 0 Å². The Morgan fingerprint density at radius 3 is 1.55 bits per heavy atom. The lowest BCUT2D eigenvalue weighted by molar-refractivity contribution is 0.483. The summed E-state index contributed by atoms with van der Waals surface area (Å²) >= 11 is 1.73. The maximum atomic E-state index is 6.41. The predicted molar refractivity (Wildman–Crippen MR) is 227 cm³/mol. The molecule has 0 N–H and O–H groups in total. The van der Waals surface area contributed by atoms with Crippen LogP contribution in [0.5, 0.6) is 11.5 Å². The van der Waals surface area contributed by atoms with Gasteiger partial charge < -0.3 is 4.74 Å². The van der Waals surface area contributed by atoms with E-state index in [0.717, 1.165) is 54.7 Å². The Hall–Kier alpha value is -7.35. The van der Waals surface area contributed by atoms with E-state index in [2.05, 4.69) is 72.8 Å². The molecule has 0 unspecified atom stereocenters. The Bertz CT molecular complexity index is 2930. The molecular formula is C49H31N5OS. The third kappa shape index (κ3) is 6.57. The summed E-state index contributed by atoms with van der Waals surface area (Å²) in [6.07, 6.45) is 0. The average Bonchev–Trinajstić information content (AvgIpc) is 3.66. The molecule has 0 atom stereocenters. The third-order valence-electron chi connectivity index (χ3n) is 9.60. The SMILES string of the molecule is c1ccc(-c2cccc(-c3nc(-c4ccc(Oc5cccc(-c6nc(-c7ccccc7)nc(-c7ccccc7)n6)c5)cc4)nc4c3sc3ccccc34)c2)cc1. The molecule has 0 saturated carbocycles. The lowest BCUT2D eigenvalue weighted by Crippen LogP contribution is -2.00. The van der Waals surface area contributed by atoms with E-state index in [1.807, 2.05) is 115 Å². The highest BCUT2D eigenvalue weighted by molar-refractivity contribution is 7.26. The molecule has 7 aromatic carbocycles. The van der Waals surface area contributed by atoms with Crippen LogP contribution >= 0.6 is 11.3 Å². The second kappa shape index (κ2) is 14.5. The summed E-state index contributed by atoms with van der Waals surface area (Å²) < 4.78 is 8.67. The Balaban J connectivity index is 0.984. The number of hydrogen-bond acceptors (Lipinski definition) is 7. The third-order valence-corrected chi connectivity index (χ3v) is 10.8. The fourth-order valence-corrected chi connectivity index (χ4v) is 7.99. The molecule has 3 heterocycles. The quantitative estimate of drug-likeness (QED) is 0.155. The number of thiophene rings is 1. The van der Waals surface area contributed by atoms with Gasteiger partial charge >= 0.3 is 0 Å². The van der Waals surface area contributed by atoms with Crippen LogP contribution in [0.4, 0.5) is 0 Å². The number of benzene rings is 7. The zero-order chi connectivity index (χ0) is 37.3. The van der Waals surface area contributed by atoms with Crippen LogP contribution in [-0.2, 0) is 0 Å². The van der Waals surface area contributed by atoms with Gasteiger partial charge in [-0.2, -0.15) is 0 Å². The molecule has 10 aromatic rings. The van der Waals surface area contributed by atoms with Gasteiger partial charge in [-0.05, 0) is 59.7 Å². The molecule has 0 fully saturated rings. The highest BCUT2D eigenvalue weighted by atomic mass is 32.1. The van der Waals surface area contributed by atoms with E-state index in [-0.39, 0.29) is 0 Å². The summed E-state index contributed by atoms with van der Waals surface area (Å²) in [5.41, 5.74) is 8.80. The van der Waals surface area contributed by atoms with Crippen molar-refractivity contribution in [3.8, 4) is 79.4 Å². The number of ether oxygens (including phenoxy) is 1. The second-order valence-corrected chi connectivity index (χ2v) is 14.4. The minimum atomic E-state index is 0.567. The van der Waals surface area contributed by atoms with Gasteiger partial charge in [0.2, 0.25) is 0 Å². The van der Waals surface area contributed by atoms with Crippen molar-refractivity contribution in [1.82, 2.24) is 24.9 Å². The molecule has 3 aromatic heterocycles. The lowest BCUT2D eigenvalue weighted by atomic mass is 10.0. The molecule has 0 aliphatic rings. The van der Waals surface area contributed by atoms with Crippen LogP contribution in [0.1, 0.15) is 0 Å². The summed E-state index contributed by atoms with van der Waals surface area (Å²) in [7, 11) is 0. The zero-order valence-corrected chi connectivity index (χ0v) is 30.8. The van der Waals surface area contributed by atoms with E-state index in [4.69, 9.17) is 29.7 Å². The minimum absolute atomic E-state index is 0.567. The molecule has 0 spiro atoms. The molecular weight excluding hydrogens is 707 g/mol. The normalized spacial score (nSPS) is 11.2. The Morgan fingerprint density at radius 1 is 0.339 bits per heavy atom. The molecule has 6 nitrogen and oxygen atoms in total. The maximum Gasteiger partial charge on any atom is 0.164 e. The molecule has 264 valence electrons. The number of nitrogens with zero attached hydrogens (tertiary/aromatic N) is 5. The second-order valence-electron chi connectivity index (χ2n) is 13.3. The van der Waals surface area contributed by atoms with E-state index < -0.39 is 0 Å². The van der Waals surface area contributed by atoms with E-state index >= 15 is 0 Å². The van der Waals surface area contributed by atoms with Crippen LogP contribution in [0.25, 0.3) is 88.2 Å². The topological polar surface area (TPSA) is 73.7 Å². The summed E-state index contributed by atoms with van der Waals surface area (Å²) in [6.45, 7) is 0. The van der Waals surface area contributed by atoms with Gasteiger partial charge in [0.1, 0.15) is 11.5 Å². The molecule has 0 radical (unpaired) electrons. The summed E-state index contributed by atoms with van der Waals surface area (Å²) in [4.78, 5) is 25.0. The van der Waals surface area contributed by atoms with Gasteiger partial charge in [-0.15, -0.1) is 11.3 Å². The first-order chi connectivity index (χ1) is 27.7. The predicted octanol–water partition coefficient (Wildman–Crippen LogP) is 12.8. The van der Waals surface area contributed by atoms with Gasteiger partial charge in [-0.25, -0.2) is 24.9 Å². The van der Waals surface area contributed by atoms with Gasteiger partial charge in [-0.3, -0.25) is 0 Å². The van der Waals surface area contributed by atoms with Gasteiger partial charge in [0.15, 0.2) is 23.3 Å². The van der Waals surface area contributed by atoms with Crippen LogP contribution in [0.15, 0.2) is 188 Å². The van der Waals surface area contributed by atoms with Crippen molar-refractivity contribution in [3.63, 3.8) is 0 Å². The highest BCUT2D eigenvalue weighted by Gasteiger charge is 2.18. The first-order valence-corrected chi connectivity index (χ1v) is 19.1. The number of fused-ring (bicyclic) bond motifs is 3. The Morgan fingerprint density at radius 2 is 0.857 bits per heavy atom. The first-order valence-electron chi connectivity index (χ1n) is 18.3. The molecule has 0 saturated heterocycles. The van der Waals surface area contributed by atoms with Gasteiger partial charge in [-0.1, -0.05) is 140 Å². The molecule has 7 heteroatoms. The van der Waals surface area contributed by atoms with Gasteiger partial charge in [0.05, 0.1) is 15.9 Å². The molecule has 0 aliphatic carbocycles. The van der Waals surface area contributed by atoms with Crippen molar-refractivity contribution < 1.29 is 4.74 Å². The summed E-state index contributed by atoms with van der Waals surface area (Å²) in [5, 5.41) is 1.13. The van der Waals surface area contributed by atoms with Crippen molar-refractivity contribution in [2.75, 3.05) is 0 Å². The zero-order valence-electron chi connectivity index (χ0n) is 30.0. The van der Waals surface area contributed by atoms with Crippen molar-refractivity contribution in [2.45, 2.75) is 0 Å². The highest BCUT2D eigenvalue weighted by Crippen LogP contribution is 2.40. The fraction of sp³-hybridized carbons (Fsp3) is 0. The largest absolute Gasteiger partial charge is 0.457 e. The lowest BCUT2D eigenvalue weighted by Gasteiger charge is -2.11. The monoisotopic (exact) mass is 737 g/mol. The Labute approximate surface area is 327 Å². The molecule has 0 aliphatic heterocycles. The van der Waals surface area contributed by atoms with E-state index in [1.54, 1.807) is 11.3 Å². The summed E-state index contributed by atoms with van der Waals surface area (Å²) in [6, 6.07) is 63.2. The minimum Gasteiger partial charge on any atom is -0.457 e. The van der Waals surface area contributed by atoms with Crippen LogP contribution in [-0.4, -0.2) is 24.9 Å². The average molecular weight is 738 g/mol. The van der Waals surface area contributed by atoms with Crippen molar-refractivity contribution >= 4 is 31.6 Å². The molecule has 0 bridgehead atoms. The molecule has 10 rings (SSSR count). The number of rotatable bonds is 8. The standard InChI is InChI=1S/C49H31N5OS/c1-4-14-32(15-5-1)36-20-12-21-37(30-36)43-45-44(41-24-10-11-25-42(41)56-45)51-46(50-43)35-26-28-39(29-27-35)55-40-23-13-22-38(31-40)49-53-47(33-16-6-2-7-17-33)52-48(54-49)34-18-8-3-9-19-34/h1-31H. The van der Waals surface area contributed by atoms with Crippen LogP contribution in [0.2, 0.25) is 0 Å². The van der Waals surface area contributed by atoms with E-state index in [1.165, 1.54) is 10.3 Å². The number of hydrogen-bond donors (Lipinski definition) is 0. The van der Waals surface area contributed by atoms with Crippen LogP contribution < -0.4 is 4.74 Å². The Kier molecular flexibility index (Phi) is 8.59. The van der Waals surface area contributed by atoms with Gasteiger partial charge in [0, 0.05) is 37.9 Å². The van der Waals surface area contributed by atoms with Gasteiger partial charge in [0.25, 0.3) is 0 Å². The fourth-order valence-electron chi connectivity index (χ4n) is 6.84. The van der Waals surface area contributed by atoms with Crippen molar-refractivity contribution in [1.29, 1.82) is 0 Å². The first kappa shape index (κ1) is 33.2. The number of aromatic nitrogens is 5.